The van der Waals surface area contributed by atoms with Crippen molar-refractivity contribution >= 4 is 11.8 Å². The van der Waals surface area contributed by atoms with Crippen LogP contribution in [0.2, 0.25) is 0 Å². The molecule has 12 heavy (non-hydrogen) atoms. The van der Waals surface area contributed by atoms with Gasteiger partial charge in [0.05, 0.1) is 5.69 Å². The highest BCUT2D eigenvalue weighted by Gasteiger charge is 1.91. The van der Waals surface area contributed by atoms with Crippen LogP contribution < -0.4 is 5.73 Å². The maximum atomic E-state index is 9.87. The minimum absolute atomic E-state index is 0.630. The molecule has 2 N–H and O–H groups in total. The van der Waals surface area contributed by atoms with Gasteiger partial charge >= 0.3 is 0 Å². The fourth-order valence-electron chi connectivity index (χ4n) is 0.957. The van der Waals surface area contributed by atoms with Gasteiger partial charge in [0.1, 0.15) is 0 Å². The van der Waals surface area contributed by atoms with Crippen LogP contribution in [-0.2, 0) is 11.2 Å². The normalized spacial score (nSPS) is 9.08. The Morgan fingerprint density at radius 1 is 1.33 bits per heavy atom. The van der Waals surface area contributed by atoms with Gasteiger partial charge in [0.2, 0.25) is 6.08 Å². The van der Waals surface area contributed by atoms with Crippen molar-refractivity contribution in [3.8, 4) is 0 Å². The summed E-state index contributed by atoms with van der Waals surface area (Å²) in [6, 6.07) is 7.36. The van der Waals surface area contributed by atoms with Crippen molar-refractivity contribution in [1.82, 2.24) is 0 Å². The molecule has 0 atom stereocenters. The summed E-state index contributed by atoms with van der Waals surface area (Å²) in [7, 11) is 0. The van der Waals surface area contributed by atoms with E-state index in [0.717, 1.165) is 12.0 Å². The molecule has 0 saturated heterocycles. The smallest absolute Gasteiger partial charge is 0.240 e. The summed E-state index contributed by atoms with van der Waals surface area (Å²) >= 11 is 0. The molecule has 0 bridgehead atoms. The van der Waals surface area contributed by atoms with E-state index in [1.807, 2.05) is 12.1 Å². The molecule has 1 aromatic carbocycles. The van der Waals surface area contributed by atoms with Crippen molar-refractivity contribution in [2.45, 2.75) is 6.42 Å². The predicted octanol–water partition coefficient (Wildman–Crippen LogP) is 1.16. The van der Waals surface area contributed by atoms with Crippen molar-refractivity contribution in [3.63, 3.8) is 0 Å². The monoisotopic (exact) mass is 162 g/mol. The van der Waals surface area contributed by atoms with Crippen molar-refractivity contribution in [3.05, 3.63) is 29.8 Å². The highest BCUT2D eigenvalue weighted by molar-refractivity contribution is 5.49. The van der Waals surface area contributed by atoms with Gasteiger partial charge < -0.3 is 5.73 Å². The first-order valence-electron chi connectivity index (χ1n) is 3.73. The van der Waals surface area contributed by atoms with Crippen LogP contribution in [0.1, 0.15) is 5.56 Å². The molecule has 1 rings (SSSR count). The van der Waals surface area contributed by atoms with Gasteiger partial charge in [0.25, 0.3) is 0 Å². The van der Waals surface area contributed by atoms with Crippen LogP contribution in [0.3, 0.4) is 0 Å². The van der Waals surface area contributed by atoms with Crippen LogP contribution in [-0.4, -0.2) is 12.6 Å². The number of hydrogen-bond donors (Lipinski definition) is 1. The van der Waals surface area contributed by atoms with Gasteiger partial charge in [-0.3, -0.25) is 0 Å². The molecule has 0 aliphatic carbocycles. The maximum absolute atomic E-state index is 9.87. The maximum Gasteiger partial charge on any atom is 0.240 e. The Bertz CT molecular complexity index is 286. The van der Waals surface area contributed by atoms with Gasteiger partial charge in [-0.25, -0.2) is 4.79 Å². The number of nitrogens with two attached hydrogens (primary N) is 1. The van der Waals surface area contributed by atoms with E-state index in [4.69, 9.17) is 5.73 Å². The minimum Gasteiger partial charge on any atom is -0.330 e. The van der Waals surface area contributed by atoms with Crippen LogP contribution in [0, 0.1) is 0 Å². The molecule has 3 nitrogen and oxygen atoms in total. The molecule has 0 aliphatic rings. The van der Waals surface area contributed by atoms with E-state index < -0.39 is 0 Å². The third kappa shape index (κ3) is 2.31. The van der Waals surface area contributed by atoms with E-state index in [-0.39, 0.29) is 0 Å². The molecule has 0 aromatic heterocycles. The van der Waals surface area contributed by atoms with Crippen LogP contribution >= 0.6 is 0 Å². The van der Waals surface area contributed by atoms with Gasteiger partial charge in [0.15, 0.2) is 0 Å². The lowest BCUT2D eigenvalue weighted by atomic mass is 10.1. The Kier molecular flexibility index (Phi) is 3.20. The second-order valence-electron chi connectivity index (χ2n) is 2.41. The number of hydrogen-bond acceptors (Lipinski definition) is 3. The van der Waals surface area contributed by atoms with E-state index in [0.29, 0.717) is 12.2 Å². The van der Waals surface area contributed by atoms with E-state index in [9.17, 15) is 4.79 Å². The molecule has 0 amide bonds. The SMILES string of the molecule is NCCc1ccc(N=C=O)cc1. The van der Waals surface area contributed by atoms with Gasteiger partial charge in [-0.2, -0.15) is 4.99 Å². The minimum atomic E-state index is 0.630. The zero-order chi connectivity index (χ0) is 8.81. The van der Waals surface area contributed by atoms with Gasteiger partial charge in [0, 0.05) is 0 Å². The van der Waals surface area contributed by atoms with Crippen molar-refractivity contribution < 1.29 is 4.79 Å². The number of aliphatic imine (C=N–C) groups is 1. The van der Waals surface area contributed by atoms with E-state index >= 15 is 0 Å². The number of benzene rings is 1. The quantitative estimate of drug-likeness (QED) is 0.535. The Balaban J connectivity index is 2.77. The standard InChI is InChI=1S/C9H10N2O/c10-6-5-8-1-3-9(4-2-8)11-7-12/h1-4H,5-6,10H2. The van der Waals surface area contributed by atoms with E-state index in [2.05, 4.69) is 4.99 Å². The zero-order valence-electron chi connectivity index (χ0n) is 6.66. The second-order valence-corrected chi connectivity index (χ2v) is 2.41. The molecule has 1 aromatic rings. The summed E-state index contributed by atoms with van der Waals surface area (Å²) in [5.74, 6) is 0. The average molecular weight is 162 g/mol. The summed E-state index contributed by atoms with van der Waals surface area (Å²) in [6.45, 7) is 0.635. The Morgan fingerprint density at radius 2 is 2.00 bits per heavy atom. The van der Waals surface area contributed by atoms with Crippen molar-refractivity contribution in [2.75, 3.05) is 6.54 Å². The van der Waals surface area contributed by atoms with Crippen LogP contribution in [0.4, 0.5) is 5.69 Å². The Morgan fingerprint density at radius 3 is 2.50 bits per heavy atom. The van der Waals surface area contributed by atoms with Crippen LogP contribution in [0.15, 0.2) is 29.3 Å². The first-order chi connectivity index (χ1) is 5.86. The number of nitrogens with zero attached hydrogens (tertiary/aromatic N) is 1. The first kappa shape index (κ1) is 8.65. The molecule has 0 aliphatic heterocycles. The van der Waals surface area contributed by atoms with Gasteiger partial charge in [-0.1, -0.05) is 12.1 Å². The second kappa shape index (κ2) is 4.44. The summed E-state index contributed by atoms with van der Waals surface area (Å²) < 4.78 is 0. The fraction of sp³-hybridized carbons (Fsp3) is 0.222. The zero-order valence-corrected chi connectivity index (χ0v) is 6.66. The van der Waals surface area contributed by atoms with Crippen molar-refractivity contribution in [2.24, 2.45) is 10.7 Å². The summed E-state index contributed by atoms with van der Waals surface area (Å²) in [5, 5.41) is 0. The summed E-state index contributed by atoms with van der Waals surface area (Å²) in [6.07, 6.45) is 2.34. The molecule has 0 spiro atoms. The molecular formula is C9H10N2O. The molecule has 0 saturated carbocycles. The Hall–Kier alpha value is -1.44. The predicted molar refractivity (Wildman–Crippen MR) is 47.0 cm³/mol. The third-order valence-electron chi connectivity index (χ3n) is 1.54. The molecular weight excluding hydrogens is 152 g/mol. The topological polar surface area (TPSA) is 55.4 Å². The van der Waals surface area contributed by atoms with E-state index in [1.54, 1.807) is 12.1 Å². The lowest BCUT2D eigenvalue weighted by Crippen LogP contribution is -2.01. The first-order valence-corrected chi connectivity index (χ1v) is 3.73. The number of isocyanates is 1. The number of rotatable bonds is 3. The molecule has 0 unspecified atom stereocenters. The lowest BCUT2D eigenvalue weighted by molar-refractivity contribution is 0.565. The van der Waals surface area contributed by atoms with E-state index in [1.165, 1.54) is 6.08 Å². The lowest BCUT2D eigenvalue weighted by Gasteiger charge is -1.96. The molecule has 0 fully saturated rings. The third-order valence-corrected chi connectivity index (χ3v) is 1.54. The van der Waals surface area contributed by atoms with Crippen molar-refractivity contribution in [1.29, 1.82) is 0 Å². The molecule has 0 radical (unpaired) electrons. The number of carbonyl (C=O) groups excluding carboxylic acids is 1. The molecule has 62 valence electrons. The highest BCUT2D eigenvalue weighted by Crippen LogP contribution is 2.11. The molecule has 0 heterocycles. The molecule has 3 heteroatoms. The summed E-state index contributed by atoms with van der Waals surface area (Å²) in [4.78, 5) is 13.3. The van der Waals surface area contributed by atoms with Crippen LogP contribution in [0.5, 0.6) is 0 Å². The average Bonchev–Trinajstić information content (AvgIpc) is 2.09. The van der Waals surface area contributed by atoms with Gasteiger partial charge in [-0.05, 0) is 30.7 Å². The largest absolute Gasteiger partial charge is 0.330 e. The van der Waals surface area contributed by atoms with Gasteiger partial charge in [-0.15, -0.1) is 0 Å². The summed E-state index contributed by atoms with van der Waals surface area (Å²) in [5.41, 5.74) is 7.16. The van der Waals surface area contributed by atoms with Crippen LogP contribution in [0.25, 0.3) is 0 Å². The Labute approximate surface area is 70.9 Å². The highest BCUT2D eigenvalue weighted by atomic mass is 16.1. The fourth-order valence-corrected chi connectivity index (χ4v) is 0.957.